The third-order valence-corrected chi connectivity index (χ3v) is 4.41. The van der Waals surface area contributed by atoms with Crippen LogP contribution in [0.15, 0.2) is 72.8 Å². The van der Waals surface area contributed by atoms with Crippen molar-refractivity contribution in [3.8, 4) is 17.2 Å². The van der Waals surface area contributed by atoms with E-state index in [1.165, 1.54) is 24.3 Å². The van der Waals surface area contributed by atoms with Gasteiger partial charge in [0.2, 0.25) is 0 Å². The van der Waals surface area contributed by atoms with Crippen LogP contribution in [0.25, 0.3) is 6.08 Å². The Labute approximate surface area is 181 Å². The standard InChI is InChI=1S/C23H16ClF3O4/c24-19-7-2-8-20(31-18-6-1-5-16(14-18)22(28)29)21(19)30-13-3-4-15-9-11-17(12-10-15)23(25,26)27/h1-12,14H,13H2,(H,28,29). The molecular weight excluding hydrogens is 433 g/mol. The summed E-state index contributed by atoms with van der Waals surface area (Å²) in [5.74, 6) is -0.242. The van der Waals surface area contributed by atoms with E-state index in [9.17, 15) is 18.0 Å². The van der Waals surface area contributed by atoms with Gasteiger partial charge in [0, 0.05) is 0 Å². The predicted octanol–water partition coefficient (Wildman–Crippen LogP) is 6.94. The number of benzene rings is 3. The molecule has 3 aromatic rings. The van der Waals surface area contributed by atoms with Gasteiger partial charge in [0.1, 0.15) is 12.4 Å². The van der Waals surface area contributed by atoms with E-state index in [-0.39, 0.29) is 28.7 Å². The van der Waals surface area contributed by atoms with Gasteiger partial charge in [0.05, 0.1) is 16.1 Å². The van der Waals surface area contributed by atoms with Crippen LogP contribution in [-0.4, -0.2) is 17.7 Å². The number of halogens is 4. The molecule has 3 rings (SSSR count). The van der Waals surface area contributed by atoms with Gasteiger partial charge in [-0.15, -0.1) is 0 Å². The summed E-state index contributed by atoms with van der Waals surface area (Å²) in [5, 5.41) is 9.39. The fourth-order valence-corrected chi connectivity index (χ4v) is 2.85. The lowest BCUT2D eigenvalue weighted by Gasteiger charge is -2.13. The van der Waals surface area contributed by atoms with E-state index < -0.39 is 17.7 Å². The highest BCUT2D eigenvalue weighted by Gasteiger charge is 2.29. The largest absolute Gasteiger partial charge is 0.484 e. The van der Waals surface area contributed by atoms with Gasteiger partial charge in [0.25, 0.3) is 0 Å². The maximum absolute atomic E-state index is 12.6. The molecule has 0 heterocycles. The van der Waals surface area contributed by atoms with Crippen LogP contribution in [0.5, 0.6) is 17.2 Å². The smallest absolute Gasteiger partial charge is 0.416 e. The summed E-state index contributed by atoms with van der Waals surface area (Å²) in [6, 6.07) is 15.6. The van der Waals surface area contributed by atoms with Crippen LogP contribution >= 0.6 is 11.6 Å². The van der Waals surface area contributed by atoms with Crippen molar-refractivity contribution in [1.82, 2.24) is 0 Å². The minimum Gasteiger partial charge on any atom is -0.484 e. The number of ether oxygens (including phenoxy) is 2. The quantitative estimate of drug-likeness (QED) is 0.425. The zero-order valence-electron chi connectivity index (χ0n) is 15.9. The van der Waals surface area contributed by atoms with Gasteiger partial charge in [-0.3, -0.25) is 0 Å². The molecule has 0 aliphatic carbocycles. The number of hydrogen-bond acceptors (Lipinski definition) is 3. The SMILES string of the molecule is O=C(O)c1cccc(Oc2cccc(Cl)c2OCC=Cc2ccc(C(F)(F)F)cc2)c1. The first-order valence-electron chi connectivity index (χ1n) is 9.00. The summed E-state index contributed by atoms with van der Waals surface area (Å²) >= 11 is 6.20. The highest BCUT2D eigenvalue weighted by Crippen LogP contribution is 2.37. The summed E-state index contributed by atoms with van der Waals surface area (Å²) in [6.07, 6.45) is -1.13. The Kier molecular flexibility index (Phi) is 6.87. The third-order valence-electron chi connectivity index (χ3n) is 4.11. The minimum absolute atomic E-state index is 0.0708. The van der Waals surface area contributed by atoms with Crippen molar-refractivity contribution in [2.75, 3.05) is 6.61 Å². The highest BCUT2D eigenvalue weighted by molar-refractivity contribution is 6.32. The first kappa shape index (κ1) is 22.2. The van der Waals surface area contributed by atoms with Crippen molar-refractivity contribution < 1.29 is 32.5 Å². The summed E-state index contributed by atoms with van der Waals surface area (Å²) in [4.78, 5) is 11.1. The molecule has 0 radical (unpaired) electrons. The van der Waals surface area contributed by atoms with Gasteiger partial charge in [-0.2, -0.15) is 13.2 Å². The Morgan fingerprint density at radius 1 is 1.03 bits per heavy atom. The minimum atomic E-state index is -4.38. The molecule has 0 amide bonds. The Hall–Kier alpha value is -3.45. The van der Waals surface area contributed by atoms with Crippen LogP contribution in [-0.2, 0) is 6.18 Å². The molecule has 3 aromatic carbocycles. The molecule has 0 unspecified atom stereocenters. The van der Waals surface area contributed by atoms with Crippen LogP contribution < -0.4 is 9.47 Å². The van der Waals surface area contributed by atoms with E-state index in [0.717, 1.165) is 12.1 Å². The second kappa shape index (κ2) is 9.57. The lowest BCUT2D eigenvalue weighted by atomic mass is 10.1. The second-order valence-electron chi connectivity index (χ2n) is 6.34. The number of para-hydroxylation sites is 1. The second-order valence-corrected chi connectivity index (χ2v) is 6.74. The molecule has 31 heavy (non-hydrogen) atoms. The maximum atomic E-state index is 12.6. The molecule has 0 fully saturated rings. The van der Waals surface area contributed by atoms with E-state index in [4.69, 9.17) is 26.2 Å². The molecule has 0 atom stereocenters. The topological polar surface area (TPSA) is 55.8 Å². The first-order chi connectivity index (χ1) is 14.7. The third kappa shape index (κ3) is 6.02. The maximum Gasteiger partial charge on any atom is 0.416 e. The summed E-state index contributed by atoms with van der Waals surface area (Å²) in [7, 11) is 0. The fourth-order valence-electron chi connectivity index (χ4n) is 2.63. The lowest BCUT2D eigenvalue weighted by Crippen LogP contribution is -2.04. The number of hydrogen-bond donors (Lipinski definition) is 1. The number of carboxylic acid groups (broad SMARTS) is 1. The Morgan fingerprint density at radius 2 is 1.74 bits per heavy atom. The van der Waals surface area contributed by atoms with Crippen LogP contribution in [0.2, 0.25) is 5.02 Å². The molecular formula is C23H16ClF3O4. The van der Waals surface area contributed by atoms with Crippen molar-refractivity contribution in [2.45, 2.75) is 6.18 Å². The molecule has 0 aromatic heterocycles. The van der Waals surface area contributed by atoms with Crippen molar-refractivity contribution in [3.05, 3.63) is 94.5 Å². The summed E-state index contributed by atoms with van der Waals surface area (Å²) in [5.41, 5.74) is -0.0649. The first-order valence-corrected chi connectivity index (χ1v) is 9.38. The molecule has 4 nitrogen and oxygen atoms in total. The Morgan fingerprint density at radius 3 is 2.42 bits per heavy atom. The average Bonchev–Trinajstić information content (AvgIpc) is 2.72. The van der Waals surface area contributed by atoms with Gasteiger partial charge < -0.3 is 14.6 Å². The van der Waals surface area contributed by atoms with Crippen LogP contribution in [0.4, 0.5) is 13.2 Å². The summed E-state index contributed by atoms with van der Waals surface area (Å²) in [6.45, 7) is 0.0796. The van der Waals surface area contributed by atoms with Gasteiger partial charge in [-0.1, -0.05) is 41.9 Å². The van der Waals surface area contributed by atoms with Gasteiger partial charge in [-0.25, -0.2) is 4.79 Å². The molecule has 0 saturated heterocycles. The molecule has 0 aliphatic heterocycles. The summed E-state index contributed by atoms with van der Waals surface area (Å²) < 4.78 is 49.3. The normalized spacial score (nSPS) is 11.5. The molecule has 1 N–H and O–H groups in total. The molecule has 160 valence electrons. The van der Waals surface area contributed by atoms with Crippen molar-refractivity contribution in [1.29, 1.82) is 0 Å². The van der Waals surface area contributed by atoms with Crippen molar-refractivity contribution in [2.24, 2.45) is 0 Å². The number of aromatic carboxylic acids is 1. The van der Waals surface area contributed by atoms with Gasteiger partial charge in [-0.05, 0) is 54.1 Å². The van der Waals surface area contributed by atoms with E-state index in [1.54, 1.807) is 42.5 Å². The van der Waals surface area contributed by atoms with Crippen molar-refractivity contribution in [3.63, 3.8) is 0 Å². The fraction of sp³-hybridized carbons (Fsp3) is 0.0870. The Balaban J connectivity index is 1.69. The number of carbonyl (C=O) groups is 1. The number of rotatable bonds is 7. The van der Waals surface area contributed by atoms with Crippen molar-refractivity contribution >= 4 is 23.6 Å². The van der Waals surface area contributed by atoms with Crippen LogP contribution in [0.1, 0.15) is 21.5 Å². The predicted molar refractivity (Wildman–Crippen MR) is 111 cm³/mol. The molecule has 0 bridgehead atoms. The zero-order valence-corrected chi connectivity index (χ0v) is 16.7. The monoisotopic (exact) mass is 448 g/mol. The Bertz CT molecular complexity index is 1090. The van der Waals surface area contributed by atoms with Crippen LogP contribution in [0, 0.1) is 0 Å². The molecule has 0 spiro atoms. The van der Waals surface area contributed by atoms with E-state index in [0.29, 0.717) is 11.3 Å². The molecule has 0 saturated carbocycles. The number of alkyl halides is 3. The van der Waals surface area contributed by atoms with Crippen LogP contribution in [0.3, 0.4) is 0 Å². The van der Waals surface area contributed by atoms with E-state index in [2.05, 4.69) is 0 Å². The number of carboxylic acids is 1. The molecule has 0 aliphatic rings. The zero-order chi connectivity index (χ0) is 22.4. The van der Waals surface area contributed by atoms with E-state index in [1.807, 2.05) is 0 Å². The highest BCUT2D eigenvalue weighted by atomic mass is 35.5. The lowest BCUT2D eigenvalue weighted by molar-refractivity contribution is -0.137. The van der Waals surface area contributed by atoms with Gasteiger partial charge in [0.15, 0.2) is 11.5 Å². The van der Waals surface area contributed by atoms with E-state index >= 15 is 0 Å². The molecule has 8 heteroatoms. The average molecular weight is 449 g/mol. The van der Waals surface area contributed by atoms with Gasteiger partial charge >= 0.3 is 12.1 Å².